The van der Waals surface area contributed by atoms with Crippen LogP contribution in [0.1, 0.15) is 33.6 Å². The first-order valence-corrected chi connectivity index (χ1v) is 7.15. The van der Waals surface area contributed by atoms with E-state index >= 15 is 0 Å². The van der Waals surface area contributed by atoms with Gasteiger partial charge >= 0.3 is 12.1 Å². The lowest BCUT2D eigenvalue weighted by atomic mass is 9.93. The van der Waals surface area contributed by atoms with Crippen molar-refractivity contribution in [3.63, 3.8) is 0 Å². The average Bonchev–Trinajstić information content (AvgIpc) is 2.91. The molecule has 116 valence electrons. The number of hydrogen-bond donors (Lipinski definition) is 0. The molecule has 2 heterocycles. The normalized spacial score (nSPS) is 28.8. The minimum Gasteiger partial charge on any atom is -0.461 e. The predicted molar refractivity (Wildman–Crippen MR) is 74.2 cm³/mol. The first-order chi connectivity index (χ1) is 9.81. The number of cyclic esters (lactones) is 2. The molecule has 0 bridgehead atoms. The molecule has 6 heteroatoms. The van der Waals surface area contributed by atoms with E-state index in [1.165, 1.54) is 0 Å². The number of carbonyl (C=O) groups excluding carboxylic acids is 3. The molecule has 0 aromatic heterocycles. The van der Waals surface area contributed by atoms with E-state index in [1.807, 2.05) is 20.8 Å². The highest BCUT2D eigenvalue weighted by Gasteiger charge is 2.48. The summed E-state index contributed by atoms with van der Waals surface area (Å²) in [6, 6.07) is -0.286. The summed E-state index contributed by atoms with van der Waals surface area (Å²) in [7, 11) is 0. The molecule has 2 aliphatic rings. The Bertz CT molecular complexity index is 484. The number of nitrogens with zero attached hydrogens (tertiary/aromatic N) is 1. The summed E-state index contributed by atoms with van der Waals surface area (Å²) in [6.07, 6.45) is -0.737. The zero-order chi connectivity index (χ0) is 15.7. The van der Waals surface area contributed by atoms with Gasteiger partial charge in [-0.05, 0) is 12.8 Å². The molecule has 0 aromatic carbocycles. The standard InChI is InChI=1S/C15H21NO5/c1-8(2)5-12-10(6-13(17)21-12)14(18)16-11(9(3)4)7-20-15(16)19/h9-12H,1,5-7H2,2-4H3/t10-,11+,12+/m0/s1. The van der Waals surface area contributed by atoms with Crippen molar-refractivity contribution in [1.82, 2.24) is 4.90 Å². The largest absolute Gasteiger partial charge is 0.461 e. The van der Waals surface area contributed by atoms with Gasteiger partial charge in [0, 0.05) is 6.42 Å². The molecular weight excluding hydrogens is 274 g/mol. The van der Waals surface area contributed by atoms with Crippen LogP contribution in [-0.4, -0.2) is 41.6 Å². The summed E-state index contributed by atoms with van der Waals surface area (Å²) in [5.74, 6) is -1.33. The molecule has 0 N–H and O–H groups in total. The lowest BCUT2D eigenvalue weighted by molar-refractivity contribution is -0.141. The van der Waals surface area contributed by atoms with E-state index in [-0.39, 0.29) is 30.9 Å². The molecule has 2 saturated heterocycles. The van der Waals surface area contributed by atoms with Crippen LogP contribution >= 0.6 is 0 Å². The lowest BCUT2D eigenvalue weighted by Crippen LogP contribution is -2.46. The van der Waals surface area contributed by atoms with Crippen molar-refractivity contribution in [2.24, 2.45) is 11.8 Å². The highest BCUT2D eigenvalue weighted by Crippen LogP contribution is 2.31. The van der Waals surface area contributed by atoms with Crippen molar-refractivity contribution in [2.45, 2.75) is 45.8 Å². The number of ether oxygens (including phenoxy) is 2. The van der Waals surface area contributed by atoms with Gasteiger partial charge in [0.1, 0.15) is 12.7 Å². The molecule has 0 spiro atoms. The number of imide groups is 1. The SMILES string of the molecule is C=C(C)C[C@H]1OC(=O)C[C@@H]1C(=O)N1C(=O)OC[C@@H]1C(C)C. The van der Waals surface area contributed by atoms with Gasteiger partial charge < -0.3 is 9.47 Å². The number of amides is 2. The minimum absolute atomic E-state index is 0.00533. The van der Waals surface area contributed by atoms with E-state index in [9.17, 15) is 14.4 Å². The van der Waals surface area contributed by atoms with Gasteiger partial charge in [-0.25, -0.2) is 9.69 Å². The van der Waals surface area contributed by atoms with Gasteiger partial charge in [0.2, 0.25) is 5.91 Å². The van der Waals surface area contributed by atoms with E-state index in [2.05, 4.69) is 6.58 Å². The number of carbonyl (C=O) groups is 3. The quantitative estimate of drug-likeness (QED) is 0.585. The monoisotopic (exact) mass is 295 g/mol. The number of esters is 1. The summed E-state index contributed by atoms with van der Waals surface area (Å²) < 4.78 is 10.2. The van der Waals surface area contributed by atoms with Crippen LogP contribution in [-0.2, 0) is 19.1 Å². The van der Waals surface area contributed by atoms with Gasteiger partial charge in [-0.1, -0.05) is 19.4 Å². The molecule has 2 amide bonds. The summed E-state index contributed by atoms with van der Waals surface area (Å²) in [5, 5.41) is 0. The van der Waals surface area contributed by atoms with Gasteiger partial charge in [-0.3, -0.25) is 9.59 Å². The van der Waals surface area contributed by atoms with Gasteiger partial charge in [-0.15, -0.1) is 6.58 Å². The Morgan fingerprint density at radius 3 is 2.67 bits per heavy atom. The van der Waals surface area contributed by atoms with Crippen molar-refractivity contribution in [2.75, 3.05) is 6.61 Å². The molecule has 0 unspecified atom stereocenters. The van der Waals surface area contributed by atoms with E-state index in [0.29, 0.717) is 6.42 Å². The first kappa shape index (κ1) is 15.5. The van der Waals surface area contributed by atoms with E-state index in [0.717, 1.165) is 10.5 Å². The molecule has 0 aromatic rings. The zero-order valence-electron chi connectivity index (χ0n) is 12.6. The summed E-state index contributed by atoms with van der Waals surface area (Å²) in [6.45, 7) is 9.65. The van der Waals surface area contributed by atoms with E-state index in [4.69, 9.17) is 9.47 Å². The van der Waals surface area contributed by atoms with Crippen LogP contribution in [0.2, 0.25) is 0 Å². The van der Waals surface area contributed by atoms with Crippen molar-refractivity contribution in [3.8, 4) is 0 Å². The van der Waals surface area contributed by atoms with Crippen LogP contribution in [0.4, 0.5) is 4.79 Å². The Labute approximate surface area is 124 Å². The first-order valence-electron chi connectivity index (χ1n) is 7.15. The summed E-state index contributed by atoms with van der Waals surface area (Å²) in [4.78, 5) is 37.2. The second-order valence-corrected chi connectivity index (χ2v) is 6.10. The molecule has 0 aliphatic carbocycles. The van der Waals surface area contributed by atoms with Gasteiger partial charge in [-0.2, -0.15) is 0 Å². The molecule has 21 heavy (non-hydrogen) atoms. The zero-order valence-corrected chi connectivity index (χ0v) is 12.6. The molecule has 0 radical (unpaired) electrons. The highest BCUT2D eigenvalue weighted by atomic mass is 16.6. The maximum absolute atomic E-state index is 12.7. The number of rotatable bonds is 4. The molecule has 3 atom stereocenters. The Hall–Kier alpha value is -1.85. The Balaban J connectivity index is 2.18. The van der Waals surface area contributed by atoms with Crippen LogP contribution in [0.25, 0.3) is 0 Å². The smallest absolute Gasteiger partial charge is 0.416 e. The molecule has 2 rings (SSSR count). The minimum atomic E-state index is -0.638. The predicted octanol–water partition coefficient (Wildman–Crippen LogP) is 1.89. The fourth-order valence-corrected chi connectivity index (χ4v) is 2.74. The van der Waals surface area contributed by atoms with Crippen LogP contribution in [0, 0.1) is 11.8 Å². The summed E-state index contributed by atoms with van der Waals surface area (Å²) >= 11 is 0. The van der Waals surface area contributed by atoms with Crippen LogP contribution in [0.15, 0.2) is 12.2 Å². The molecule has 2 fully saturated rings. The van der Waals surface area contributed by atoms with Crippen LogP contribution in [0.5, 0.6) is 0 Å². The molecule has 0 saturated carbocycles. The van der Waals surface area contributed by atoms with E-state index in [1.54, 1.807) is 0 Å². The third-order valence-electron chi connectivity index (χ3n) is 3.90. The Morgan fingerprint density at radius 2 is 2.10 bits per heavy atom. The van der Waals surface area contributed by atoms with Crippen molar-refractivity contribution < 1.29 is 23.9 Å². The summed E-state index contributed by atoms with van der Waals surface area (Å²) in [5.41, 5.74) is 0.830. The maximum Gasteiger partial charge on any atom is 0.416 e. The average molecular weight is 295 g/mol. The third-order valence-corrected chi connectivity index (χ3v) is 3.90. The second-order valence-electron chi connectivity index (χ2n) is 6.10. The third kappa shape index (κ3) is 3.09. The van der Waals surface area contributed by atoms with Crippen molar-refractivity contribution in [1.29, 1.82) is 0 Å². The van der Waals surface area contributed by atoms with Crippen molar-refractivity contribution in [3.05, 3.63) is 12.2 Å². The topological polar surface area (TPSA) is 72.9 Å². The van der Waals surface area contributed by atoms with Crippen LogP contribution in [0.3, 0.4) is 0 Å². The Morgan fingerprint density at radius 1 is 1.43 bits per heavy atom. The highest BCUT2D eigenvalue weighted by molar-refractivity contribution is 5.97. The molecule has 6 nitrogen and oxygen atoms in total. The maximum atomic E-state index is 12.7. The molecular formula is C15H21NO5. The van der Waals surface area contributed by atoms with Crippen molar-refractivity contribution >= 4 is 18.0 Å². The van der Waals surface area contributed by atoms with Crippen LogP contribution < -0.4 is 0 Å². The fraction of sp³-hybridized carbons (Fsp3) is 0.667. The van der Waals surface area contributed by atoms with Gasteiger partial charge in [0.05, 0.1) is 18.4 Å². The Kier molecular flexibility index (Phi) is 4.34. The van der Waals surface area contributed by atoms with Gasteiger partial charge in [0.25, 0.3) is 0 Å². The fourth-order valence-electron chi connectivity index (χ4n) is 2.74. The molecule has 2 aliphatic heterocycles. The lowest BCUT2D eigenvalue weighted by Gasteiger charge is -2.26. The van der Waals surface area contributed by atoms with Gasteiger partial charge in [0.15, 0.2) is 0 Å². The van der Waals surface area contributed by atoms with E-state index < -0.39 is 24.1 Å². The second kappa shape index (κ2) is 5.87. The number of hydrogen-bond acceptors (Lipinski definition) is 5.